The van der Waals surface area contributed by atoms with Crippen LogP contribution >= 0.6 is 23.2 Å². The first-order valence-electron chi connectivity index (χ1n) is 5.54. The van der Waals surface area contributed by atoms with Crippen molar-refractivity contribution < 1.29 is 13.9 Å². The molecule has 0 heterocycles. The fourth-order valence-electron chi connectivity index (χ4n) is 1.78. The Morgan fingerprint density at radius 3 is 2.42 bits per heavy atom. The fraction of sp³-hybridized carbons (Fsp3) is 0.143. The van der Waals surface area contributed by atoms with E-state index in [0.717, 1.165) is 12.1 Å². The van der Waals surface area contributed by atoms with Gasteiger partial charge in [-0.05, 0) is 23.8 Å². The van der Waals surface area contributed by atoms with E-state index in [9.17, 15) is 13.9 Å². The number of hydrogen-bond acceptors (Lipinski definition) is 1. The number of halogens is 4. The number of hydrogen-bond donors (Lipinski definition) is 1. The molecule has 19 heavy (non-hydrogen) atoms. The largest absolute Gasteiger partial charge is 0.388 e. The summed E-state index contributed by atoms with van der Waals surface area (Å²) < 4.78 is 26.3. The average Bonchev–Trinajstić information content (AvgIpc) is 2.32. The van der Waals surface area contributed by atoms with E-state index in [1.165, 1.54) is 6.07 Å². The maximum absolute atomic E-state index is 13.5. The third-order valence-corrected chi connectivity index (χ3v) is 3.34. The summed E-state index contributed by atoms with van der Waals surface area (Å²) in [5.74, 6) is -1.46. The Hall–Kier alpha value is -1.16. The molecule has 0 spiro atoms. The van der Waals surface area contributed by atoms with Crippen molar-refractivity contribution >= 4 is 23.2 Å². The Balaban J connectivity index is 2.23. The molecule has 0 radical (unpaired) electrons. The maximum atomic E-state index is 13.5. The molecule has 2 aromatic carbocycles. The van der Waals surface area contributed by atoms with E-state index in [-0.39, 0.29) is 12.0 Å². The molecule has 0 aromatic heterocycles. The van der Waals surface area contributed by atoms with Gasteiger partial charge in [0, 0.05) is 28.1 Å². The first-order valence-corrected chi connectivity index (χ1v) is 6.30. The molecule has 0 saturated carbocycles. The van der Waals surface area contributed by atoms with Gasteiger partial charge in [0.15, 0.2) is 0 Å². The Labute approximate surface area is 119 Å². The standard InChI is InChI=1S/C14H10Cl2F2O/c15-9-2-1-8(12(16)6-9)5-14(19)11-4-3-10(17)7-13(11)18/h1-4,6-7,14,19H,5H2. The lowest BCUT2D eigenvalue weighted by Crippen LogP contribution is -2.05. The molecule has 2 rings (SSSR count). The molecule has 0 aliphatic rings. The second kappa shape index (κ2) is 5.87. The minimum Gasteiger partial charge on any atom is -0.388 e. The number of aliphatic hydroxyl groups is 1. The van der Waals surface area contributed by atoms with Crippen LogP contribution in [-0.2, 0) is 6.42 Å². The van der Waals surface area contributed by atoms with Crippen LogP contribution in [0.1, 0.15) is 17.2 Å². The van der Waals surface area contributed by atoms with Crippen LogP contribution in [0.15, 0.2) is 36.4 Å². The van der Waals surface area contributed by atoms with Gasteiger partial charge < -0.3 is 5.11 Å². The van der Waals surface area contributed by atoms with Crippen molar-refractivity contribution in [1.82, 2.24) is 0 Å². The molecular formula is C14H10Cl2F2O. The molecule has 1 unspecified atom stereocenters. The summed E-state index contributed by atoms with van der Waals surface area (Å²) >= 11 is 11.7. The molecule has 5 heteroatoms. The van der Waals surface area contributed by atoms with Crippen molar-refractivity contribution in [3.05, 3.63) is 69.2 Å². The van der Waals surface area contributed by atoms with Gasteiger partial charge in [0.2, 0.25) is 0 Å². The lowest BCUT2D eigenvalue weighted by Gasteiger charge is -2.13. The van der Waals surface area contributed by atoms with E-state index in [2.05, 4.69) is 0 Å². The molecule has 1 atom stereocenters. The molecule has 1 N–H and O–H groups in total. The van der Waals surface area contributed by atoms with E-state index in [4.69, 9.17) is 23.2 Å². The maximum Gasteiger partial charge on any atom is 0.131 e. The van der Waals surface area contributed by atoms with Crippen molar-refractivity contribution in [3.8, 4) is 0 Å². The van der Waals surface area contributed by atoms with Crippen LogP contribution < -0.4 is 0 Å². The zero-order chi connectivity index (χ0) is 14.0. The Morgan fingerprint density at radius 2 is 1.79 bits per heavy atom. The molecule has 0 saturated heterocycles. The first-order chi connectivity index (χ1) is 8.97. The number of aliphatic hydroxyl groups excluding tert-OH is 1. The van der Waals surface area contributed by atoms with Crippen LogP contribution in [0.3, 0.4) is 0 Å². The van der Waals surface area contributed by atoms with Gasteiger partial charge in [-0.1, -0.05) is 35.3 Å². The second-order valence-corrected chi connectivity index (χ2v) is 4.97. The Kier molecular flexibility index (Phi) is 4.40. The van der Waals surface area contributed by atoms with Crippen molar-refractivity contribution in [1.29, 1.82) is 0 Å². The lowest BCUT2D eigenvalue weighted by atomic mass is 10.0. The highest BCUT2D eigenvalue weighted by Crippen LogP contribution is 2.27. The van der Waals surface area contributed by atoms with Gasteiger partial charge in [0.25, 0.3) is 0 Å². The normalized spacial score (nSPS) is 12.5. The molecule has 2 aromatic rings. The molecule has 0 fully saturated rings. The molecule has 1 nitrogen and oxygen atoms in total. The third-order valence-electron chi connectivity index (χ3n) is 2.75. The summed E-state index contributed by atoms with van der Waals surface area (Å²) in [6.45, 7) is 0. The van der Waals surface area contributed by atoms with Gasteiger partial charge in [-0.25, -0.2) is 8.78 Å². The smallest absolute Gasteiger partial charge is 0.131 e. The molecule has 0 aliphatic heterocycles. The Morgan fingerprint density at radius 1 is 1.05 bits per heavy atom. The van der Waals surface area contributed by atoms with Crippen LogP contribution in [0.4, 0.5) is 8.78 Å². The van der Waals surface area contributed by atoms with E-state index >= 15 is 0 Å². The highest BCUT2D eigenvalue weighted by atomic mass is 35.5. The second-order valence-electron chi connectivity index (χ2n) is 4.12. The SMILES string of the molecule is OC(Cc1ccc(Cl)cc1Cl)c1ccc(F)cc1F. The minimum absolute atomic E-state index is 0.0346. The van der Waals surface area contributed by atoms with Gasteiger partial charge in [0.05, 0.1) is 6.10 Å². The van der Waals surface area contributed by atoms with Gasteiger partial charge in [-0.15, -0.1) is 0 Å². The van der Waals surface area contributed by atoms with Crippen molar-refractivity contribution in [3.63, 3.8) is 0 Å². The summed E-state index contributed by atoms with van der Waals surface area (Å²) in [6.07, 6.45) is -0.974. The highest BCUT2D eigenvalue weighted by Gasteiger charge is 2.15. The minimum atomic E-state index is -1.10. The summed E-state index contributed by atoms with van der Waals surface area (Å²) in [6, 6.07) is 7.91. The molecular weight excluding hydrogens is 293 g/mol. The number of benzene rings is 2. The molecule has 0 amide bonds. The van der Waals surface area contributed by atoms with Crippen LogP contribution in [0, 0.1) is 11.6 Å². The number of rotatable bonds is 3. The van der Waals surface area contributed by atoms with Crippen LogP contribution in [0.25, 0.3) is 0 Å². The fourth-order valence-corrected chi connectivity index (χ4v) is 2.26. The topological polar surface area (TPSA) is 20.2 Å². The van der Waals surface area contributed by atoms with Gasteiger partial charge >= 0.3 is 0 Å². The lowest BCUT2D eigenvalue weighted by molar-refractivity contribution is 0.173. The molecule has 100 valence electrons. The van der Waals surface area contributed by atoms with E-state index in [0.29, 0.717) is 15.6 Å². The van der Waals surface area contributed by atoms with Crippen LogP contribution in [0.5, 0.6) is 0 Å². The van der Waals surface area contributed by atoms with Gasteiger partial charge in [-0.2, -0.15) is 0 Å². The third kappa shape index (κ3) is 3.44. The molecule has 0 bridgehead atoms. The summed E-state index contributed by atoms with van der Waals surface area (Å²) in [5, 5.41) is 10.9. The summed E-state index contributed by atoms with van der Waals surface area (Å²) in [5.41, 5.74) is 0.676. The monoisotopic (exact) mass is 302 g/mol. The average molecular weight is 303 g/mol. The predicted molar refractivity (Wildman–Crippen MR) is 71.5 cm³/mol. The van der Waals surface area contributed by atoms with Crippen LogP contribution in [-0.4, -0.2) is 5.11 Å². The first kappa shape index (κ1) is 14.3. The van der Waals surface area contributed by atoms with Crippen molar-refractivity contribution in [2.45, 2.75) is 12.5 Å². The quantitative estimate of drug-likeness (QED) is 0.882. The van der Waals surface area contributed by atoms with E-state index < -0.39 is 17.7 Å². The summed E-state index contributed by atoms with van der Waals surface area (Å²) in [4.78, 5) is 0. The zero-order valence-corrected chi connectivity index (χ0v) is 11.2. The Bertz CT molecular complexity index is 602. The zero-order valence-electron chi connectivity index (χ0n) is 9.71. The van der Waals surface area contributed by atoms with Gasteiger partial charge in [0.1, 0.15) is 11.6 Å². The van der Waals surface area contributed by atoms with Gasteiger partial charge in [-0.3, -0.25) is 0 Å². The van der Waals surface area contributed by atoms with Crippen molar-refractivity contribution in [2.75, 3.05) is 0 Å². The van der Waals surface area contributed by atoms with Crippen molar-refractivity contribution in [2.24, 2.45) is 0 Å². The summed E-state index contributed by atoms with van der Waals surface area (Å²) in [7, 11) is 0. The highest BCUT2D eigenvalue weighted by molar-refractivity contribution is 6.35. The molecule has 0 aliphatic carbocycles. The van der Waals surface area contributed by atoms with E-state index in [1.54, 1.807) is 18.2 Å². The van der Waals surface area contributed by atoms with E-state index in [1.807, 2.05) is 0 Å². The van der Waals surface area contributed by atoms with Crippen LogP contribution in [0.2, 0.25) is 10.0 Å². The predicted octanol–water partition coefficient (Wildman–Crippen LogP) is 4.55.